The van der Waals surface area contributed by atoms with Crippen LogP contribution in [-0.2, 0) is 0 Å². The second kappa shape index (κ2) is 4.57. The third-order valence-electron chi connectivity index (χ3n) is 3.74. The highest BCUT2D eigenvalue weighted by molar-refractivity contribution is 6.01. The molecule has 2 N–H and O–H groups in total. The van der Waals surface area contributed by atoms with Gasteiger partial charge < -0.3 is 5.73 Å². The van der Waals surface area contributed by atoms with E-state index in [1.807, 2.05) is 0 Å². The zero-order valence-corrected chi connectivity index (χ0v) is 10.1. The molecule has 0 bridgehead atoms. The third kappa shape index (κ3) is 2.25. The van der Waals surface area contributed by atoms with Crippen molar-refractivity contribution in [3.05, 3.63) is 35.1 Å². The number of ketones is 1. The monoisotopic (exact) mass is 235 g/mol. The number of nitrogens with two attached hydrogens (primary N) is 1. The number of halogens is 1. The molecule has 0 aromatic heterocycles. The first-order chi connectivity index (χ1) is 8.07. The lowest BCUT2D eigenvalue weighted by Gasteiger charge is -2.25. The molecule has 0 aliphatic heterocycles. The van der Waals surface area contributed by atoms with E-state index in [1.54, 1.807) is 13.0 Å². The lowest BCUT2D eigenvalue weighted by molar-refractivity contribution is 0.0809. The van der Waals surface area contributed by atoms with Crippen molar-refractivity contribution in [2.24, 2.45) is 11.1 Å². The average Bonchev–Trinajstić information content (AvgIpc) is 2.76. The molecule has 92 valence electrons. The number of hydrogen-bond acceptors (Lipinski definition) is 2. The predicted octanol–water partition coefficient (Wildman–Crippen LogP) is 2.84. The van der Waals surface area contributed by atoms with Crippen molar-refractivity contribution in [3.8, 4) is 0 Å². The molecule has 17 heavy (non-hydrogen) atoms. The number of hydrogen-bond donors (Lipinski definition) is 1. The van der Waals surface area contributed by atoms with Gasteiger partial charge in [0, 0.05) is 17.5 Å². The Labute approximate surface area is 101 Å². The highest BCUT2D eigenvalue weighted by Gasteiger charge is 2.40. The molecule has 2 rings (SSSR count). The Morgan fingerprint density at radius 1 is 1.35 bits per heavy atom. The van der Waals surface area contributed by atoms with Crippen molar-refractivity contribution < 1.29 is 9.18 Å². The number of carbonyl (C=O) groups excluding carboxylic acids is 1. The van der Waals surface area contributed by atoms with E-state index in [0.29, 0.717) is 12.1 Å². The molecule has 0 saturated heterocycles. The summed E-state index contributed by atoms with van der Waals surface area (Å²) >= 11 is 0. The van der Waals surface area contributed by atoms with Crippen molar-refractivity contribution in [2.75, 3.05) is 6.54 Å². The van der Waals surface area contributed by atoms with E-state index in [4.69, 9.17) is 5.73 Å². The van der Waals surface area contributed by atoms with Crippen LogP contribution in [0, 0.1) is 18.2 Å². The zero-order valence-electron chi connectivity index (χ0n) is 10.1. The Kier molecular flexibility index (Phi) is 3.29. The van der Waals surface area contributed by atoms with Gasteiger partial charge in [-0.1, -0.05) is 12.8 Å². The van der Waals surface area contributed by atoms with E-state index in [9.17, 15) is 9.18 Å². The fourth-order valence-corrected chi connectivity index (χ4v) is 2.75. The fraction of sp³-hybridized carbons (Fsp3) is 0.500. The van der Waals surface area contributed by atoms with E-state index in [1.165, 1.54) is 12.1 Å². The molecule has 0 heterocycles. The van der Waals surface area contributed by atoms with Gasteiger partial charge in [-0.05, 0) is 43.5 Å². The quantitative estimate of drug-likeness (QED) is 0.819. The number of aryl methyl sites for hydroxylation is 1. The topological polar surface area (TPSA) is 43.1 Å². The molecule has 0 amide bonds. The first-order valence-electron chi connectivity index (χ1n) is 6.09. The first kappa shape index (κ1) is 12.2. The summed E-state index contributed by atoms with van der Waals surface area (Å²) in [5, 5.41) is 0. The maximum Gasteiger partial charge on any atom is 0.170 e. The smallest absolute Gasteiger partial charge is 0.170 e. The number of carbonyl (C=O) groups is 1. The molecule has 0 unspecified atom stereocenters. The summed E-state index contributed by atoms with van der Waals surface area (Å²) in [4.78, 5) is 12.5. The number of Topliss-reactive ketones (excluding diaryl/α,β-unsaturated/α-hetero) is 1. The summed E-state index contributed by atoms with van der Waals surface area (Å²) in [5.74, 6) is -0.335. The fourth-order valence-electron chi connectivity index (χ4n) is 2.75. The minimum atomic E-state index is -0.444. The summed E-state index contributed by atoms with van der Waals surface area (Å²) in [5.41, 5.74) is 6.57. The van der Waals surface area contributed by atoms with Gasteiger partial charge in [0.15, 0.2) is 5.78 Å². The maximum atomic E-state index is 13.3. The molecule has 1 aromatic rings. The van der Waals surface area contributed by atoms with Gasteiger partial charge in [0.25, 0.3) is 0 Å². The lowest BCUT2D eigenvalue weighted by Crippen LogP contribution is -2.36. The van der Waals surface area contributed by atoms with Gasteiger partial charge >= 0.3 is 0 Å². The van der Waals surface area contributed by atoms with E-state index in [0.717, 1.165) is 31.2 Å². The molecule has 1 fully saturated rings. The maximum absolute atomic E-state index is 13.3. The minimum absolute atomic E-state index is 0.0140. The summed E-state index contributed by atoms with van der Waals surface area (Å²) in [7, 11) is 0. The highest BCUT2D eigenvalue weighted by Crippen LogP contribution is 2.40. The Hall–Kier alpha value is -1.22. The minimum Gasteiger partial charge on any atom is -0.329 e. The predicted molar refractivity (Wildman–Crippen MR) is 65.4 cm³/mol. The Morgan fingerprint density at radius 2 is 2.00 bits per heavy atom. The van der Waals surface area contributed by atoms with E-state index in [2.05, 4.69) is 0 Å². The van der Waals surface area contributed by atoms with Gasteiger partial charge in [0.1, 0.15) is 5.82 Å². The third-order valence-corrected chi connectivity index (χ3v) is 3.74. The van der Waals surface area contributed by atoms with Crippen molar-refractivity contribution >= 4 is 5.78 Å². The summed E-state index contributed by atoms with van der Waals surface area (Å²) in [6, 6.07) is 4.51. The van der Waals surface area contributed by atoms with Gasteiger partial charge in [0.2, 0.25) is 0 Å². The van der Waals surface area contributed by atoms with E-state index in [-0.39, 0.29) is 11.6 Å². The van der Waals surface area contributed by atoms with Crippen LogP contribution >= 0.6 is 0 Å². The lowest BCUT2D eigenvalue weighted by atomic mass is 9.78. The molecule has 1 saturated carbocycles. The van der Waals surface area contributed by atoms with Crippen LogP contribution in [0.15, 0.2) is 18.2 Å². The Bertz CT molecular complexity index is 416. The summed E-state index contributed by atoms with van der Waals surface area (Å²) in [6.07, 6.45) is 3.74. The molecule has 1 aromatic carbocycles. The molecule has 0 radical (unpaired) electrons. The second-order valence-corrected chi connectivity index (χ2v) is 5.04. The van der Waals surface area contributed by atoms with Crippen molar-refractivity contribution in [2.45, 2.75) is 32.6 Å². The van der Waals surface area contributed by atoms with E-state index < -0.39 is 5.41 Å². The van der Waals surface area contributed by atoms with Crippen LogP contribution in [0.5, 0.6) is 0 Å². The van der Waals surface area contributed by atoms with Crippen LogP contribution in [0.2, 0.25) is 0 Å². The second-order valence-electron chi connectivity index (χ2n) is 5.04. The molecule has 1 aliphatic rings. The van der Waals surface area contributed by atoms with Crippen LogP contribution in [0.25, 0.3) is 0 Å². The Balaban J connectivity index is 2.35. The molecule has 0 spiro atoms. The normalized spacial score (nSPS) is 18.3. The molecular formula is C14H18FNO. The van der Waals surface area contributed by atoms with Crippen molar-refractivity contribution in [1.82, 2.24) is 0 Å². The van der Waals surface area contributed by atoms with Crippen molar-refractivity contribution in [3.63, 3.8) is 0 Å². The zero-order chi connectivity index (χ0) is 12.5. The van der Waals surface area contributed by atoms with Gasteiger partial charge in [-0.2, -0.15) is 0 Å². The van der Waals surface area contributed by atoms with Crippen LogP contribution in [0.1, 0.15) is 41.6 Å². The van der Waals surface area contributed by atoms with Gasteiger partial charge in [-0.25, -0.2) is 4.39 Å². The van der Waals surface area contributed by atoms with Gasteiger partial charge in [0.05, 0.1) is 0 Å². The molecule has 0 atom stereocenters. The standard InChI is InChI=1S/C14H18FNO/c1-10-6-11(8-12(15)7-10)13(17)14(9-16)4-2-3-5-14/h6-8H,2-5,9,16H2,1H3. The average molecular weight is 235 g/mol. The number of rotatable bonds is 3. The molecule has 3 heteroatoms. The van der Waals surface area contributed by atoms with Gasteiger partial charge in [-0.3, -0.25) is 4.79 Å². The van der Waals surface area contributed by atoms with Crippen LogP contribution in [0.3, 0.4) is 0 Å². The van der Waals surface area contributed by atoms with Crippen LogP contribution in [-0.4, -0.2) is 12.3 Å². The Morgan fingerprint density at radius 3 is 2.53 bits per heavy atom. The molecular weight excluding hydrogens is 217 g/mol. The SMILES string of the molecule is Cc1cc(F)cc(C(=O)C2(CN)CCCC2)c1. The van der Waals surface area contributed by atoms with Gasteiger partial charge in [-0.15, -0.1) is 0 Å². The van der Waals surface area contributed by atoms with Crippen LogP contribution in [0.4, 0.5) is 4.39 Å². The largest absolute Gasteiger partial charge is 0.329 e. The summed E-state index contributed by atoms with van der Waals surface area (Å²) in [6.45, 7) is 2.16. The molecule has 1 aliphatic carbocycles. The summed E-state index contributed by atoms with van der Waals surface area (Å²) < 4.78 is 13.3. The number of benzene rings is 1. The molecule has 2 nitrogen and oxygen atoms in total. The highest BCUT2D eigenvalue weighted by atomic mass is 19.1. The van der Waals surface area contributed by atoms with Crippen LogP contribution < -0.4 is 5.73 Å². The van der Waals surface area contributed by atoms with Crippen molar-refractivity contribution in [1.29, 1.82) is 0 Å². The van der Waals surface area contributed by atoms with E-state index >= 15 is 0 Å². The first-order valence-corrected chi connectivity index (χ1v) is 6.09.